The van der Waals surface area contributed by atoms with Gasteiger partial charge in [0.1, 0.15) is 0 Å². The number of rotatable bonds is 7. The molecule has 1 N–H and O–H groups in total. The van der Waals surface area contributed by atoms with E-state index in [0.29, 0.717) is 6.04 Å². The molecule has 0 radical (unpaired) electrons. The molecule has 2 heteroatoms. The zero-order chi connectivity index (χ0) is 15.1. The van der Waals surface area contributed by atoms with Gasteiger partial charge in [-0.2, -0.15) is 0 Å². The molecular formula is C19H25NO. The molecule has 0 aliphatic rings. The molecule has 0 aliphatic heterocycles. The monoisotopic (exact) mass is 283 g/mol. The van der Waals surface area contributed by atoms with E-state index in [4.69, 9.17) is 4.74 Å². The first-order valence-electron chi connectivity index (χ1n) is 7.66. The summed E-state index contributed by atoms with van der Waals surface area (Å²) >= 11 is 0. The molecule has 0 saturated heterocycles. The number of hydrogen-bond acceptors (Lipinski definition) is 2. The molecule has 0 fully saturated rings. The Kier molecular flexibility index (Phi) is 5.97. The highest BCUT2D eigenvalue weighted by atomic mass is 16.5. The second kappa shape index (κ2) is 7.96. The quantitative estimate of drug-likeness (QED) is 0.826. The third-order valence-corrected chi connectivity index (χ3v) is 3.66. The van der Waals surface area contributed by atoms with Gasteiger partial charge < -0.3 is 10.1 Å². The SMILES string of the molecule is CCOCC(C)NC(c1ccccc1)c1ccccc1C. The van der Waals surface area contributed by atoms with Gasteiger partial charge in [-0.25, -0.2) is 0 Å². The van der Waals surface area contributed by atoms with Crippen LogP contribution in [-0.2, 0) is 4.74 Å². The number of ether oxygens (including phenoxy) is 1. The molecule has 21 heavy (non-hydrogen) atoms. The third kappa shape index (κ3) is 4.42. The van der Waals surface area contributed by atoms with Crippen molar-refractivity contribution in [1.82, 2.24) is 5.32 Å². The van der Waals surface area contributed by atoms with E-state index in [1.807, 2.05) is 6.92 Å². The Morgan fingerprint density at radius 1 is 1.00 bits per heavy atom. The topological polar surface area (TPSA) is 21.3 Å². The molecule has 2 rings (SSSR count). The molecule has 0 spiro atoms. The lowest BCUT2D eigenvalue weighted by Gasteiger charge is -2.25. The van der Waals surface area contributed by atoms with Gasteiger partial charge in [0.25, 0.3) is 0 Å². The number of hydrogen-bond donors (Lipinski definition) is 1. The molecular weight excluding hydrogens is 258 g/mol. The zero-order valence-electron chi connectivity index (χ0n) is 13.2. The summed E-state index contributed by atoms with van der Waals surface area (Å²) in [5, 5.41) is 3.70. The fourth-order valence-electron chi connectivity index (χ4n) is 2.55. The van der Waals surface area contributed by atoms with Crippen LogP contribution in [-0.4, -0.2) is 19.3 Å². The number of benzene rings is 2. The summed E-state index contributed by atoms with van der Waals surface area (Å²) in [6, 6.07) is 19.7. The summed E-state index contributed by atoms with van der Waals surface area (Å²) in [7, 11) is 0. The highest BCUT2D eigenvalue weighted by Gasteiger charge is 2.17. The predicted molar refractivity (Wildman–Crippen MR) is 88.6 cm³/mol. The van der Waals surface area contributed by atoms with Gasteiger partial charge in [-0.3, -0.25) is 0 Å². The first-order chi connectivity index (χ1) is 10.2. The highest BCUT2D eigenvalue weighted by molar-refractivity contribution is 5.36. The summed E-state index contributed by atoms with van der Waals surface area (Å²) in [4.78, 5) is 0. The van der Waals surface area contributed by atoms with Crippen molar-refractivity contribution >= 4 is 0 Å². The van der Waals surface area contributed by atoms with Crippen molar-refractivity contribution in [3.8, 4) is 0 Å². The van der Waals surface area contributed by atoms with E-state index in [2.05, 4.69) is 73.8 Å². The van der Waals surface area contributed by atoms with Gasteiger partial charge in [-0.1, -0.05) is 54.6 Å². The van der Waals surface area contributed by atoms with Gasteiger partial charge in [-0.15, -0.1) is 0 Å². The highest BCUT2D eigenvalue weighted by Crippen LogP contribution is 2.25. The van der Waals surface area contributed by atoms with Crippen LogP contribution >= 0.6 is 0 Å². The summed E-state index contributed by atoms with van der Waals surface area (Å²) in [6.07, 6.45) is 0. The van der Waals surface area contributed by atoms with E-state index in [0.717, 1.165) is 13.2 Å². The lowest BCUT2D eigenvalue weighted by molar-refractivity contribution is 0.125. The fraction of sp³-hybridized carbons (Fsp3) is 0.368. The van der Waals surface area contributed by atoms with Crippen molar-refractivity contribution < 1.29 is 4.74 Å². The van der Waals surface area contributed by atoms with Crippen molar-refractivity contribution in [2.45, 2.75) is 32.9 Å². The Hall–Kier alpha value is -1.64. The maximum atomic E-state index is 5.54. The second-order valence-electron chi connectivity index (χ2n) is 5.43. The van der Waals surface area contributed by atoms with Crippen LogP contribution in [0.25, 0.3) is 0 Å². The molecule has 0 saturated carbocycles. The van der Waals surface area contributed by atoms with Crippen LogP contribution in [0.3, 0.4) is 0 Å². The van der Waals surface area contributed by atoms with Gasteiger partial charge in [0.2, 0.25) is 0 Å². The first-order valence-corrected chi connectivity index (χ1v) is 7.66. The minimum atomic E-state index is 0.197. The molecule has 0 bridgehead atoms. The summed E-state index contributed by atoms with van der Waals surface area (Å²) < 4.78 is 5.54. The van der Waals surface area contributed by atoms with Crippen LogP contribution in [0, 0.1) is 6.92 Å². The molecule has 112 valence electrons. The lowest BCUT2D eigenvalue weighted by atomic mass is 9.94. The standard InChI is InChI=1S/C19H25NO/c1-4-21-14-16(3)20-19(17-11-6-5-7-12-17)18-13-9-8-10-15(18)2/h5-13,16,19-20H,4,14H2,1-3H3. The molecule has 2 atom stereocenters. The maximum Gasteiger partial charge on any atom is 0.0617 e. The number of nitrogens with one attached hydrogen (secondary N) is 1. The predicted octanol–water partition coefficient (Wildman–Crippen LogP) is 4.10. The average Bonchev–Trinajstić information content (AvgIpc) is 2.52. The van der Waals surface area contributed by atoms with Gasteiger partial charge >= 0.3 is 0 Å². The normalized spacial score (nSPS) is 13.9. The van der Waals surface area contributed by atoms with E-state index in [9.17, 15) is 0 Å². The molecule has 0 amide bonds. The minimum Gasteiger partial charge on any atom is -0.380 e. The number of aryl methyl sites for hydroxylation is 1. The van der Waals surface area contributed by atoms with Crippen molar-refractivity contribution in [3.63, 3.8) is 0 Å². The van der Waals surface area contributed by atoms with Gasteiger partial charge in [0.15, 0.2) is 0 Å². The third-order valence-electron chi connectivity index (χ3n) is 3.66. The second-order valence-corrected chi connectivity index (χ2v) is 5.43. The van der Waals surface area contributed by atoms with E-state index < -0.39 is 0 Å². The van der Waals surface area contributed by atoms with Crippen molar-refractivity contribution in [2.24, 2.45) is 0 Å². The Bertz CT molecular complexity index is 538. The van der Waals surface area contributed by atoms with Crippen LogP contribution in [0.4, 0.5) is 0 Å². The molecule has 0 aromatic heterocycles. The van der Waals surface area contributed by atoms with Gasteiger partial charge in [0, 0.05) is 12.6 Å². The van der Waals surface area contributed by atoms with E-state index >= 15 is 0 Å². The van der Waals surface area contributed by atoms with E-state index in [1.165, 1.54) is 16.7 Å². The van der Waals surface area contributed by atoms with Crippen molar-refractivity contribution in [2.75, 3.05) is 13.2 Å². The van der Waals surface area contributed by atoms with Crippen molar-refractivity contribution in [1.29, 1.82) is 0 Å². The molecule has 2 nitrogen and oxygen atoms in total. The van der Waals surface area contributed by atoms with Gasteiger partial charge in [0.05, 0.1) is 12.6 Å². The van der Waals surface area contributed by atoms with Crippen LogP contribution in [0.5, 0.6) is 0 Å². The van der Waals surface area contributed by atoms with Crippen molar-refractivity contribution in [3.05, 3.63) is 71.3 Å². The molecule has 0 aliphatic carbocycles. The zero-order valence-corrected chi connectivity index (χ0v) is 13.2. The largest absolute Gasteiger partial charge is 0.380 e. The average molecular weight is 283 g/mol. The maximum absolute atomic E-state index is 5.54. The Balaban J connectivity index is 2.25. The van der Waals surface area contributed by atoms with Crippen LogP contribution in [0.15, 0.2) is 54.6 Å². The molecule has 2 aromatic rings. The lowest BCUT2D eigenvalue weighted by Crippen LogP contribution is -2.35. The van der Waals surface area contributed by atoms with E-state index in [1.54, 1.807) is 0 Å². The fourth-order valence-corrected chi connectivity index (χ4v) is 2.55. The Labute approximate surface area is 128 Å². The summed E-state index contributed by atoms with van der Waals surface area (Å²) in [5.74, 6) is 0. The van der Waals surface area contributed by atoms with Crippen LogP contribution in [0.2, 0.25) is 0 Å². The van der Waals surface area contributed by atoms with Crippen LogP contribution in [0.1, 0.15) is 36.6 Å². The molecule has 2 unspecified atom stereocenters. The smallest absolute Gasteiger partial charge is 0.0617 e. The van der Waals surface area contributed by atoms with Crippen LogP contribution < -0.4 is 5.32 Å². The summed E-state index contributed by atoms with van der Waals surface area (Å²) in [6.45, 7) is 7.85. The Morgan fingerprint density at radius 3 is 2.33 bits per heavy atom. The first kappa shape index (κ1) is 15.7. The Morgan fingerprint density at radius 2 is 1.67 bits per heavy atom. The molecule has 2 aromatic carbocycles. The minimum absolute atomic E-state index is 0.197. The summed E-state index contributed by atoms with van der Waals surface area (Å²) in [5.41, 5.74) is 3.92. The van der Waals surface area contributed by atoms with E-state index in [-0.39, 0.29) is 6.04 Å². The molecule has 0 heterocycles. The van der Waals surface area contributed by atoms with Gasteiger partial charge in [-0.05, 0) is 37.5 Å².